The fourth-order valence-corrected chi connectivity index (χ4v) is 5.40. The van der Waals surface area contributed by atoms with E-state index >= 15 is 0 Å². The lowest BCUT2D eigenvalue weighted by Gasteiger charge is -2.29. The van der Waals surface area contributed by atoms with Gasteiger partial charge in [0, 0.05) is 41.5 Å². The maximum Gasteiger partial charge on any atom is 0.270 e. The Labute approximate surface area is 224 Å². The van der Waals surface area contributed by atoms with Crippen LogP contribution in [0.1, 0.15) is 5.56 Å². The number of morpholine rings is 1. The number of rotatable bonds is 9. The third kappa shape index (κ3) is 6.46. The molecule has 13 heteroatoms. The van der Waals surface area contributed by atoms with Crippen LogP contribution in [0, 0.1) is 10.1 Å². The van der Waals surface area contributed by atoms with Gasteiger partial charge < -0.3 is 9.64 Å². The fraction of sp³-hybridized carbons (Fsp3) is 0.200. The van der Waals surface area contributed by atoms with Crippen LogP contribution >= 0.6 is 11.6 Å². The highest BCUT2D eigenvalue weighted by Gasteiger charge is 2.27. The highest BCUT2D eigenvalue weighted by atomic mass is 35.5. The van der Waals surface area contributed by atoms with Crippen LogP contribution in [0.3, 0.4) is 0 Å². The highest BCUT2D eigenvalue weighted by molar-refractivity contribution is 7.92. The Morgan fingerprint density at radius 2 is 1.79 bits per heavy atom. The zero-order valence-electron chi connectivity index (χ0n) is 20.1. The first-order chi connectivity index (χ1) is 18.3. The van der Waals surface area contributed by atoms with Gasteiger partial charge in [-0.25, -0.2) is 13.8 Å². The number of nitro groups is 1. The van der Waals surface area contributed by atoms with Gasteiger partial charge in [-0.1, -0.05) is 29.8 Å². The third-order valence-corrected chi connectivity index (χ3v) is 7.74. The zero-order chi connectivity index (χ0) is 27.1. The summed E-state index contributed by atoms with van der Waals surface area (Å²) in [5.74, 6) is -0.714. The van der Waals surface area contributed by atoms with E-state index < -0.39 is 27.4 Å². The quantitative estimate of drug-likeness (QED) is 0.242. The van der Waals surface area contributed by atoms with E-state index in [-0.39, 0.29) is 16.3 Å². The molecule has 0 radical (unpaired) electrons. The lowest BCUT2D eigenvalue weighted by molar-refractivity contribution is -0.384. The summed E-state index contributed by atoms with van der Waals surface area (Å²) in [5, 5.41) is 15.7. The maximum atomic E-state index is 13.4. The van der Waals surface area contributed by atoms with E-state index in [0.717, 1.165) is 4.31 Å². The number of carbonyl (C=O) groups excluding carboxylic acids is 1. The number of halogens is 1. The molecule has 0 saturated carbocycles. The van der Waals surface area contributed by atoms with Crippen LogP contribution in [0.15, 0.2) is 82.8 Å². The van der Waals surface area contributed by atoms with Crippen LogP contribution in [-0.4, -0.2) is 58.3 Å². The van der Waals surface area contributed by atoms with Gasteiger partial charge in [0.2, 0.25) is 0 Å². The zero-order valence-corrected chi connectivity index (χ0v) is 21.6. The Bertz CT molecular complexity index is 1430. The summed E-state index contributed by atoms with van der Waals surface area (Å²) in [6.45, 7) is 1.65. The molecule has 0 aromatic heterocycles. The van der Waals surface area contributed by atoms with Crippen molar-refractivity contribution >= 4 is 50.8 Å². The maximum absolute atomic E-state index is 13.4. The predicted octanol–water partition coefficient (Wildman–Crippen LogP) is 3.43. The second kappa shape index (κ2) is 12.0. The van der Waals surface area contributed by atoms with Crippen LogP contribution in [-0.2, 0) is 19.6 Å². The van der Waals surface area contributed by atoms with Gasteiger partial charge in [0.25, 0.3) is 21.6 Å². The molecule has 1 fully saturated rings. The van der Waals surface area contributed by atoms with Crippen LogP contribution in [0.5, 0.6) is 0 Å². The molecule has 198 valence electrons. The number of carbonyl (C=O) groups is 1. The summed E-state index contributed by atoms with van der Waals surface area (Å²) in [7, 11) is -4.09. The number of non-ortho nitro benzene ring substituents is 1. The van der Waals surface area contributed by atoms with Crippen molar-refractivity contribution in [2.24, 2.45) is 5.10 Å². The van der Waals surface area contributed by atoms with Gasteiger partial charge in [0.15, 0.2) is 0 Å². The molecule has 4 rings (SSSR count). The summed E-state index contributed by atoms with van der Waals surface area (Å²) in [4.78, 5) is 25.6. The molecule has 1 saturated heterocycles. The Morgan fingerprint density at radius 1 is 1.11 bits per heavy atom. The van der Waals surface area contributed by atoms with Gasteiger partial charge in [0.05, 0.1) is 34.9 Å². The molecular weight excluding hydrogens is 534 g/mol. The Hall–Kier alpha value is -4.00. The van der Waals surface area contributed by atoms with Gasteiger partial charge >= 0.3 is 0 Å². The minimum Gasteiger partial charge on any atom is -0.378 e. The van der Waals surface area contributed by atoms with Gasteiger partial charge in [-0.15, -0.1) is 0 Å². The van der Waals surface area contributed by atoms with E-state index in [0.29, 0.717) is 42.6 Å². The van der Waals surface area contributed by atoms with Crippen molar-refractivity contribution in [3.05, 3.63) is 93.5 Å². The molecule has 1 amide bonds. The van der Waals surface area contributed by atoms with E-state index in [1.54, 1.807) is 24.3 Å². The first kappa shape index (κ1) is 27.0. The van der Waals surface area contributed by atoms with Gasteiger partial charge in [-0.05, 0) is 42.5 Å². The van der Waals surface area contributed by atoms with Crippen molar-refractivity contribution < 1.29 is 22.9 Å². The number of hydrogen-bond acceptors (Lipinski definition) is 8. The molecule has 38 heavy (non-hydrogen) atoms. The summed E-state index contributed by atoms with van der Waals surface area (Å²) in [5.41, 5.74) is 3.57. The number of nitrogens with one attached hydrogen (secondary N) is 1. The van der Waals surface area contributed by atoms with Crippen LogP contribution in [0.4, 0.5) is 17.1 Å². The Kier molecular flexibility index (Phi) is 8.56. The van der Waals surface area contributed by atoms with Crippen LogP contribution in [0.2, 0.25) is 5.02 Å². The molecule has 0 bridgehead atoms. The predicted molar refractivity (Wildman–Crippen MR) is 144 cm³/mol. The summed E-state index contributed by atoms with van der Waals surface area (Å²) in [6, 6.07) is 18.2. The summed E-state index contributed by atoms with van der Waals surface area (Å²) < 4.78 is 33.1. The molecule has 11 nitrogen and oxygen atoms in total. The molecule has 1 aliphatic rings. The number of hydrazone groups is 1. The molecule has 0 spiro atoms. The summed E-state index contributed by atoms with van der Waals surface area (Å²) >= 11 is 5.96. The number of benzene rings is 3. The molecule has 1 heterocycles. The average molecular weight is 558 g/mol. The molecule has 0 aliphatic carbocycles. The Morgan fingerprint density at radius 3 is 2.45 bits per heavy atom. The van der Waals surface area contributed by atoms with E-state index in [4.69, 9.17) is 16.3 Å². The summed E-state index contributed by atoms with van der Waals surface area (Å²) in [6.07, 6.45) is 1.30. The number of amides is 1. The van der Waals surface area contributed by atoms with E-state index in [1.807, 2.05) is 4.90 Å². The smallest absolute Gasteiger partial charge is 0.270 e. The van der Waals surface area contributed by atoms with Gasteiger partial charge in [-0.3, -0.25) is 19.2 Å². The lowest BCUT2D eigenvalue weighted by Crippen LogP contribution is -2.39. The second-order valence-electron chi connectivity index (χ2n) is 8.19. The van der Waals surface area contributed by atoms with Crippen molar-refractivity contribution in [1.29, 1.82) is 0 Å². The van der Waals surface area contributed by atoms with Crippen molar-refractivity contribution in [2.75, 3.05) is 42.1 Å². The van der Waals surface area contributed by atoms with Crippen molar-refractivity contribution in [2.45, 2.75) is 4.90 Å². The van der Waals surface area contributed by atoms with Crippen LogP contribution < -0.4 is 14.6 Å². The molecule has 1 aliphatic heterocycles. The van der Waals surface area contributed by atoms with E-state index in [1.165, 1.54) is 54.7 Å². The second-order valence-corrected chi connectivity index (χ2v) is 10.5. The van der Waals surface area contributed by atoms with Gasteiger partial charge in [-0.2, -0.15) is 5.10 Å². The lowest BCUT2D eigenvalue weighted by atomic mass is 10.1. The van der Waals surface area contributed by atoms with Crippen LogP contribution in [0.25, 0.3) is 0 Å². The Balaban J connectivity index is 1.56. The van der Waals surface area contributed by atoms with Crippen molar-refractivity contribution in [3.63, 3.8) is 0 Å². The number of anilines is 2. The third-order valence-electron chi connectivity index (χ3n) is 5.70. The minimum absolute atomic E-state index is 0.0120. The first-order valence-corrected chi connectivity index (χ1v) is 13.3. The molecule has 3 aromatic carbocycles. The van der Waals surface area contributed by atoms with Crippen molar-refractivity contribution in [3.8, 4) is 0 Å². The number of hydrogen-bond donors (Lipinski definition) is 1. The topological polar surface area (TPSA) is 134 Å². The average Bonchev–Trinajstić information content (AvgIpc) is 2.93. The standard InChI is InChI=1S/C25H24ClN5O6S/c26-20-6-8-21(9-7-20)30(38(35,36)23-4-2-1-3-5-23)18-25(32)28-27-17-19-16-22(31(33)34)10-11-24(19)29-12-14-37-15-13-29/h1-11,16-17H,12-15,18H2,(H,28,32)/b27-17+. The van der Waals surface area contributed by atoms with E-state index in [2.05, 4.69) is 10.5 Å². The number of nitrogens with zero attached hydrogens (tertiary/aromatic N) is 4. The number of ether oxygens (including phenoxy) is 1. The minimum atomic E-state index is -4.09. The largest absolute Gasteiger partial charge is 0.378 e. The first-order valence-electron chi connectivity index (χ1n) is 11.5. The normalized spacial score (nSPS) is 13.9. The number of nitro benzene ring substituents is 1. The highest BCUT2D eigenvalue weighted by Crippen LogP contribution is 2.26. The molecular formula is C25H24ClN5O6S. The fourth-order valence-electron chi connectivity index (χ4n) is 3.83. The number of sulfonamides is 1. The molecule has 3 aromatic rings. The molecule has 0 unspecified atom stereocenters. The monoisotopic (exact) mass is 557 g/mol. The van der Waals surface area contributed by atoms with Gasteiger partial charge in [0.1, 0.15) is 6.54 Å². The van der Waals surface area contributed by atoms with E-state index in [9.17, 15) is 23.3 Å². The van der Waals surface area contributed by atoms with Crippen molar-refractivity contribution in [1.82, 2.24) is 5.43 Å². The SMILES string of the molecule is O=C(CN(c1ccc(Cl)cc1)S(=O)(=O)c1ccccc1)N/N=C/c1cc([N+](=O)[O-])ccc1N1CCOCC1. The molecule has 0 atom stereocenters. The molecule has 1 N–H and O–H groups in total.